The van der Waals surface area contributed by atoms with Gasteiger partial charge in [0.05, 0.1) is 16.3 Å². The summed E-state index contributed by atoms with van der Waals surface area (Å²) in [4.78, 5) is 6.90. The number of anilines is 2. The van der Waals surface area contributed by atoms with Crippen molar-refractivity contribution in [1.82, 2.24) is 4.98 Å². The van der Waals surface area contributed by atoms with Crippen LogP contribution in [-0.4, -0.2) is 29.3 Å². The fourth-order valence-corrected chi connectivity index (χ4v) is 3.47. The number of hydrogen-bond acceptors (Lipinski definition) is 5. The van der Waals surface area contributed by atoms with E-state index in [0.717, 1.165) is 40.5 Å². The lowest BCUT2D eigenvalue weighted by Gasteiger charge is -2.16. The highest BCUT2D eigenvalue weighted by Crippen LogP contribution is 2.33. The minimum atomic E-state index is -0.236. The standard InChI is InChI=1S/C13H17N3OS/c1-8(17)9-4-5-16(7-9)13-15-11-3-2-10(14)6-12(11)18-13/h2-3,6,8-9,17H,4-5,7,14H2,1H3. The topological polar surface area (TPSA) is 62.4 Å². The molecule has 18 heavy (non-hydrogen) atoms. The summed E-state index contributed by atoms with van der Waals surface area (Å²) in [6.45, 7) is 3.74. The summed E-state index contributed by atoms with van der Waals surface area (Å²) < 4.78 is 1.13. The zero-order valence-corrected chi connectivity index (χ0v) is 11.2. The third kappa shape index (κ3) is 2.04. The van der Waals surface area contributed by atoms with E-state index in [1.807, 2.05) is 25.1 Å². The highest BCUT2D eigenvalue weighted by molar-refractivity contribution is 7.22. The Labute approximate surface area is 110 Å². The molecule has 5 heteroatoms. The highest BCUT2D eigenvalue weighted by Gasteiger charge is 2.27. The van der Waals surface area contributed by atoms with Crippen LogP contribution in [0.1, 0.15) is 13.3 Å². The predicted octanol–water partition coefficient (Wildman–Crippen LogP) is 2.09. The molecule has 0 amide bonds. The van der Waals surface area contributed by atoms with Crippen LogP contribution in [0.15, 0.2) is 18.2 Å². The van der Waals surface area contributed by atoms with Gasteiger partial charge in [0.15, 0.2) is 5.13 Å². The van der Waals surface area contributed by atoms with E-state index in [2.05, 4.69) is 9.88 Å². The van der Waals surface area contributed by atoms with E-state index in [1.165, 1.54) is 0 Å². The van der Waals surface area contributed by atoms with E-state index < -0.39 is 0 Å². The van der Waals surface area contributed by atoms with Crippen molar-refractivity contribution in [2.45, 2.75) is 19.4 Å². The number of nitrogens with zero attached hydrogens (tertiary/aromatic N) is 2. The summed E-state index contributed by atoms with van der Waals surface area (Å²) in [5, 5.41) is 10.7. The first-order valence-electron chi connectivity index (χ1n) is 6.22. The fraction of sp³-hybridized carbons (Fsp3) is 0.462. The lowest BCUT2D eigenvalue weighted by Crippen LogP contribution is -2.23. The molecule has 3 N–H and O–H groups in total. The molecule has 2 atom stereocenters. The van der Waals surface area contributed by atoms with Crippen LogP contribution in [0.25, 0.3) is 10.2 Å². The summed E-state index contributed by atoms with van der Waals surface area (Å²) >= 11 is 1.68. The molecule has 96 valence electrons. The Balaban J connectivity index is 1.87. The van der Waals surface area contributed by atoms with Gasteiger partial charge in [-0.3, -0.25) is 0 Å². The molecule has 0 aliphatic carbocycles. The number of aliphatic hydroxyl groups excluding tert-OH is 1. The van der Waals surface area contributed by atoms with Crippen molar-refractivity contribution in [3.05, 3.63) is 18.2 Å². The van der Waals surface area contributed by atoms with Gasteiger partial charge in [-0.25, -0.2) is 4.98 Å². The van der Waals surface area contributed by atoms with Crippen LogP contribution in [0, 0.1) is 5.92 Å². The van der Waals surface area contributed by atoms with Crippen LogP contribution >= 0.6 is 11.3 Å². The first-order valence-corrected chi connectivity index (χ1v) is 7.04. The number of aliphatic hydroxyl groups is 1. The number of nitrogen functional groups attached to an aromatic ring is 1. The van der Waals surface area contributed by atoms with Gasteiger partial charge >= 0.3 is 0 Å². The van der Waals surface area contributed by atoms with Crippen molar-refractivity contribution in [2.75, 3.05) is 23.7 Å². The lowest BCUT2D eigenvalue weighted by molar-refractivity contribution is 0.136. The van der Waals surface area contributed by atoms with E-state index >= 15 is 0 Å². The van der Waals surface area contributed by atoms with Gasteiger partial charge in [-0.05, 0) is 31.5 Å². The van der Waals surface area contributed by atoms with Gasteiger partial charge in [0.25, 0.3) is 0 Å². The maximum absolute atomic E-state index is 9.63. The molecule has 1 aliphatic rings. The van der Waals surface area contributed by atoms with Gasteiger partial charge in [0.2, 0.25) is 0 Å². The van der Waals surface area contributed by atoms with Gasteiger partial charge in [-0.15, -0.1) is 0 Å². The summed E-state index contributed by atoms with van der Waals surface area (Å²) in [5.74, 6) is 0.363. The van der Waals surface area contributed by atoms with Crippen molar-refractivity contribution >= 4 is 32.4 Å². The van der Waals surface area contributed by atoms with E-state index in [0.29, 0.717) is 5.92 Å². The quantitative estimate of drug-likeness (QED) is 0.814. The number of aromatic nitrogens is 1. The Morgan fingerprint density at radius 2 is 2.39 bits per heavy atom. The van der Waals surface area contributed by atoms with Crippen molar-refractivity contribution in [3.63, 3.8) is 0 Å². The average Bonchev–Trinajstić information content (AvgIpc) is 2.93. The van der Waals surface area contributed by atoms with Crippen molar-refractivity contribution in [3.8, 4) is 0 Å². The number of thiazole rings is 1. The van der Waals surface area contributed by atoms with E-state index in [-0.39, 0.29) is 6.10 Å². The van der Waals surface area contributed by atoms with Gasteiger partial charge in [0.1, 0.15) is 0 Å². The highest BCUT2D eigenvalue weighted by atomic mass is 32.1. The molecule has 1 fully saturated rings. The van der Waals surface area contributed by atoms with Gasteiger partial charge in [-0.2, -0.15) is 0 Å². The minimum absolute atomic E-state index is 0.236. The Hall–Kier alpha value is -1.33. The Morgan fingerprint density at radius 1 is 1.56 bits per heavy atom. The largest absolute Gasteiger partial charge is 0.399 e. The third-order valence-corrected chi connectivity index (χ3v) is 4.66. The summed E-state index contributed by atoms with van der Waals surface area (Å²) in [5.41, 5.74) is 7.56. The maximum atomic E-state index is 9.63. The zero-order chi connectivity index (χ0) is 12.7. The normalized spacial score (nSPS) is 21.7. The second-order valence-corrected chi connectivity index (χ2v) is 5.97. The van der Waals surface area contributed by atoms with Crippen molar-refractivity contribution in [2.24, 2.45) is 5.92 Å². The molecule has 1 aromatic heterocycles. The lowest BCUT2D eigenvalue weighted by atomic mass is 10.0. The van der Waals surface area contributed by atoms with Crippen LogP contribution in [-0.2, 0) is 0 Å². The van der Waals surface area contributed by atoms with Crippen LogP contribution in [0.5, 0.6) is 0 Å². The molecule has 2 heterocycles. The molecule has 0 spiro atoms. The van der Waals surface area contributed by atoms with Crippen LogP contribution in [0.4, 0.5) is 10.8 Å². The molecule has 3 rings (SSSR count). The maximum Gasteiger partial charge on any atom is 0.186 e. The first kappa shape index (κ1) is 11.7. The second kappa shape index (κ2) is 4.40. The molecular formula is C13H17N3OS. The molecular weight excluding hydrogens is 246 g/mol. The van der Waals surface area contributed by atoms with Crippen LogP contribution in [0.2, 0.25) is 0 Å². The SMILES string of the molecule is CC(O)C1CCN(c2nc3ccc(N)cc3s2)C1. The summed E-state index contributed by atoms with van der Waals surface area (Å²) in [6.07, 6.45) is 0.801. The average molecular weight is 263 g/mol. The molecule has 1 saturated heterocycles. The monoisotopic (exact) mass is 263 g/mol. The second-order valence-electron chi connectivity index (χ2n) is 4.96. The van der Waals surface area contributed by atoms with Crippen LogP contribution < -0.4 is 10.6 Å². The summed E-state index contributed by atoms with van der Waals surface area (Å²) in [6, 6.07) is 5.82. The van der Waals surface area contributed by atoms with Crippen molar-refractivity contribution in [1.29, 1.82) is 0 Å². The van der Waals surface area contributed by atoms with Gasteiger partial charge in [-0.1, -0.05) is 11.3 Å². The molecule has 0 radical (unpaired) electrons. The molecule has 1 aromatic carbocycles. The molecule has 2 aromatic rings. The molecule has 4 nitrogen and oxygen atoms in total. The fourth-order valence-electron chi connectivity index (χ4n) is 2.42. The number of fused-ring (bicyclic) bond motifs is 1. The minimum Gasteiger partial charge on any atom is -0.399 e. The smallest absolute Gasteiger partial charge is 0.186 e. The third-order valence-electron chi connectivity index (χ3n) is 3.58. The van der Waals surface area contributed by atoms with E-state index in [9.17, 15) is 5.11 Å². The van der Waals surface area contributed by atoms with E-state index in [1.54, 1.807) is 11.3 Å². The first-order chi connectivity index (χ1) is 8.63. The Kier molecular flexibility index (Phi) is 2.87. The number of benzene rings is 1. The number of hydrogen-bond donors (Lipinski definition) is 2. The Morgan fingerprint density at radius 3 is 3.11 bits per heavy atom. The predicted molar refractivity (Wildman–Crippen MR) is 76.0 cm³/mol. The Bertz CT molecular complexity index is 566. The van der Waals surface area contributed by atoms with E-state index in [4.69, 9.17) is 5.73 Å². The number of nitrogens with two attached hydrogens (primary N) is 1. The van der Waals surface area contributed by atoms with Crippen molar-refractivity contribution < 1.29 is 5.11 Å². The molecule has 2 unspecified atom stereocenters. The molecule has 0 saturated carbocycles. The summed E-state index contributed by atoms with van der Waals surface area (Å²) in [7, 11) is 0. The molecule has 0 bridgehead atoms. The number of rotatable bonds is 2. The van der Waals surface area contributed by atoms with Gasteiger partial charge in [0, 0.05) is 24.7 Å². The van der Waals surface area contributed by atoms with Crippen LogP contribution in [0.3, 0.4) is 0 Å². The molecule has 1 aliphatic heterocycles. The zero-order valence-electron chi connectivity index (χ0n) is 10.3. The van der Waals surface area contributed by atoms with Gasteiger partial charge < -0.3 is 15.7 Å².